The number of rotatable bonds is 8. The normalized spacial score (nSPS) is 17.4. The monoisotopic (exact) mass is 418 g/mol. The summed E-state index contributed by atoms with van der Waals surface area (Å²) in [6.45, 7) is 1.74. The number of piperidine rings is 1. The van der Waals surface area contributed by atoms with Gasteiger partial charge in [0, 0.05) is 24.5 Å². The number of nitrogens with zero attached hydrogens (tertiary/aromatic N) is 1. The van der Waals surface area contributed by atoms with E-state index in [1.54, 1.807) is 0 Å². The molecule has 1 fully saturated rings. The van der Waals surface area contributed by atoms with Gasteiger partial charge < -0.3 is 4.90 Å². The fourth-order valence-corrected chi connectivity index (χ4v) is 5.35. The molecule has 0 aliphatic carbocycles. The molecule has 7 heteroatoms. The highest BCUT2D eigenvalue weighted by atomic mass is 32.2. The first-order valence-electron chi connectivity index (χ1n) is 9.49. The van der Waals surface area contributed by atoms with Gasteiger partial charge in [-0.05, 0) is 36.5 Å². The van der Waals surface area contributed by atoms with Crippen molar-refractivity contribution in [2.45, 2.75) is 23.5 Å². The third-order valence-corrected chi connectivity index (χ3v) is 7.09. The summed E-state index contributed by atoms with van der Waals surface area (Å²) in [7, 11) is -3.38. The van der Waals surface area contributed by atoms with Crippen LogP contribution in [-0.2, 0) is 20.6 Å². The third kappa shape index (κ3) is 6.65. The van der Waals surface area contributed by atoms with E-state index in [1.807, 2.05) is 65.6 Å². The van der Waals surface area contributed by atoms with Gasteiger partial charge in [-0.1, -0.05) is 48.5 Å². The highest BCUT2D eigenvalue weighted by Gasteiger charge is 2.25. The van der Waals surface area contributed by atoms with Crippen molar-refractivity contribution in [2.75, 3.05) is 25.4 Å². The first kappa shape index (κ1) is 20.9. The van der Waals surface area contributed by atoms with E-state index in [-0.39, 0.29) is 17.6 Å². The molecule has 1 aliphatic heterocycles. The van der Waals surface area contributed by atoms with Crippen LogP contribution in [-0.4, -0.2) is 44.6 Å². The molecular formula is C21H26N2O3S2. The molecule has 0 spiro atoms. The van der Waals surface area contributed by atoms with Crippen LogP contribution in [0.15, 0.2) is 65.6 Å². The molecule has 0 aromatic heterocycles. The zero-order chi connectivity index (χ0) is 19.8. The Kier molecular flexibility index (Phi) is 7.53. The molecule has 0 radical (unpaired) electrons. The van der Waals surface area contributed by atoms with Crippen LogP contribution >= 0.6 is 11.8 Å². The van der Waals surface area contributed by atoms with Crippen molar-refractivity contribution in [3.8, 4) is 0 Å². The number of amides is 1. The number of carbonyl (C=O) groups excluding carboxylic acids is 1. The van der Waals surface area contributed by atoms with E-state index >= 15 is 0 Å². The molecular weight excluding hydrogens is 392 g/mol. The number of nitrogens with one attached hydrogen (secondary N) is 1. The molecule has 0 bridgehead atoms. The number of likely N-dealkylation sites (tertiary alicyclic amines) is 1. The Morgan fingerprint density at radius 1 is 1.07 bits per heavy atom. The van der Waals surface area contributed by atoms with Crippen LogP contribution in [0.5, 0.6) is 0 Å². The number of thioether (sulfide) groups is 1. The van der Waals surface area contributed by atoms with Crippen LogP contribution < -0.4 is 4.72 Å². The standard InChI is InChI=1S/C21H26N2O3S2/c24-21(16-27-20-11-5-2-6-12-20)23-13-7-10-19(15-23)14-22-28(25,26)17-18-8-3-1-4-9-18/h1-6,8-9,11-12,19,22H,7,10,13-17H2/t19-/m1/s1. The number of carbonyl (C=O) groups is 1. The second kappa shape index (κ2) is 10.1. The van der Waals surface area contributed by atoms with Gasteiger partial charge >= 0.3 is 0 Å². The molecule has 1 amide bonds. The summed E-state index contributed by atoms with van der Waals surface area (Å²) in [4.78, 5) is 15.5. The van der Waals surface area contributed by atoms with Gasteiger partial charge in [0.2, 0.25) is 15.9 Å². The van der Waals surface area contributed by atoms with E-state index in [9.17, 15) is 13.2 Å². The molecule has 3 rings (SSSR count). The second-order valence-corrected chi connectivity index (χ2v) is 9.90. The summed E-state index contributed by atoms with van der Waals surface area (Å²) >= 11 is 1.54. The van der Waals surface area contributed by atoms with Gasteiger partial charge in [-0.3, -0.25) is 4.79 Å². The van der Waals surface area contributed by atoms with E-state index in [2.05, 4.69) is 4.72 Å². The maximum absolute atomic E-state index is 12.5. The van der Waals surface area contributed by atoms with E-state index < -0.39 is 10.0 Å². The van der Waals surface area contributed by atoms with Crippen molar-refractivity contribution in [3.63, 3.8) is 0 Å². The number of hydrogen-bond acceptors (Lipinski definition) is 4. The van der Waals surface area contributed by atoms with Gasteiger partial charge in [-0.25, -0.2) is 13.1 Å². The van der Waals surface area contributed by atoms with Gasteiger partial charge in [-0.2, -0.15) is 0 Å². The summed E-state index contributed by atoms with van der Waals surface area (Å²) in [5.74, 6) is 0.670. The molecule has 0 unspecified atom stereocenters. The fourth-order valence-electron chi connectivity index (χ4n) is 3.30. The Labute approximate surface area is 171 Å². The zero-order valence-electron chi connectivity index (χ0n) is 15.8. The van der Waals surface area contributed by atoms with E-state index in [1.165, 1.54) is 11.8 Å². The largest absolute Gasteiger partial charge is 0.342 e. The first-order chi connectivity index (χ1) is 13.5. The maximum Gasteiger partial charge on any atom is 0.232 e. The summed E-state index contributed by atoms with van der Waals surface area (Å²) in [5, 5.41) is 0. The minimum absolute atomic E-state index is 0.0169. The lowest BCUT2D eigenvalue weighted by molar-refractivity contribution is -0.130. The van der Waals surface area contributed by atoms with Crippen LogP contribution in [0.25, 0.3) is 0 Å². The number of hydrogen-bond donors (Lipinski definition) is 1. The summed E-state index contributed by atoms with van der Waals surface area (Å²) in [5.41, 5.74) is 0.772. The lowest BCUT2D eigenvalue weighted by Crippen LogP contribution is -2.44. The summed E-state index contributed by atoms with van der Waals surface area (Å²) < 4.78 is 27.4. The molecule has 1 atom stereocenters. The smallest absolute Gasteiger partial charge is 0.232 e. The minimum Gasteiger partial charge on any atom is -0.342 e. The predicted molar refractivity (Wildman–Crippen MR) is 114 cm³/mol. The average Bonchev–Trinajstić information content (AvgIpc) is 2.72. The van der Waals surface area contributed by atoms with Crippen LogP contribution in [0.4, 0.5) is 0 Å². The Balaban J connectivity index is 1.46. The molecule has 5 nitrogen and oxygen atoms in total. The molecule has 2 aromatic carbocycles. The van der Waals surface area contributed by atoms with Crippen LogP contribution in [0.1, 0.15) is 18.4 Å². The quantitative estimate of drug-likeness (QED) is 0.669. The van der Waals surface area contributed by atoms with E-state index in [4.69, 9.17) is 0 Å². The maximum atomic E-state index is 12.5. The average molecular weight is 419 g/mol. The SMILES string of the molecule is O=C(CSc1ccccc1)N1CCC[C@H](CNS(=O)(=O)Cc2ccccc2)C1. The van der Waals surface area contributed by atoms with Crippen molar-refractivity contribution in [1.29, 1.82) is 0 Å². The molecule has 1 aliphatic rings. The Bertz CT molecular complexity index is 858. The molecule has 28 heavy (non-hydrogen) atoms. The van der Waals surface area contributed by atoms with Crippen molar-refractivity contribution in [1.82, 2.24) is 9.62 Å². The second-order valence-electron chi connectivity index (χ2n) is 7.04. The molecule has 1 saturated heterocycles. The Hall–Kier alpha value is -1.83. The van der Waals surface area contributed by atoms with Crippen molar-refractivity contribution < 1.29 is 13.2 Å². The predicted octanol–water partition coefficient (Wildman–Crippen LogP) is 3.14. The van der Waals surface area contributed by atoms with Crippen LogP contribution in [0.3, 0.4) is 0 Å². The Morgan fingerprint density at radius 3 is 2.46 bits per heavy atom. The molecule has 0 saturated carbocycles. The van der Waals surface area contributed by atoms with Gasteiger partial charge in [0.05, 0.1) is 11.5 Å². The van der Waals surface area contributed by atoms with Gasteiger partial charge in [-0.15, -0.1) is 11.8 Å². The van der Waals surface area contributed by atoms with Gasteiger partial charge in [0.15, 0.2) is 0 Å². The summed E-state index contributed by atoms with van der Waals surface area (Å²) in [6.07, 6.45) is 1.84. The van der Waals surface area contributed by atoms with Crippen LogP contribution in [0, 0.1) is 5.92 Å². The Morgan fingerprint density at radius 2 is 1.75 bits per heavy atom. The number of benzene rings is 2. The minimum atomic E-state index is -3.38. The highest BCUT2D eigenvalue weighted by Crippen LogP contribution is 2.21. The molecule has 150 valence electrons. The molecule has 2 aromatic rings. The number of sulfonamides is 1. The van der Waals surface area contributed by atoms with Gasteiger partial charge in [0.1, 0.15) is 0 Å². The molecule has 1 heterocycles. The third-order valence-electron chi connectivity index (χ3n) is 4.77. The fraction of sp³-hybridized carbons (Fsp3) is 0.381. The van der Waals surface area contributed by atoms with Gasteiger partial charge in [0.25, 0.3) is 0 Å². The van der Waals surface area contributed by atoms with E-state index in [0.717, 1.165) is 29.8 Å². The zero-order valence-corrected chi connectivity index (χ0v) is 17.4. The lowest BCUT2D eigenvalue weighted by atomic mass is 9.98. The summed E-state index contributed by atoms with van der Waals surface area (Å²) in [6, 6.07) is 19.0. The highest BCUT2D eigenvalue weighted by molar-refractivity contribution is 8.00. The topological polar surface area (TPSA) is 66.5 Å². The molecule has 1 N–H and O–H groups in total. The van der Waals surface area contributed by atoms with Crippen molar-refractivity contribution in [2.24, 2.45) is 5.92 Å². The van der Waals surface area contributed by atoms with Crippen LogP contribution in [0.2, 0.25) is 0 Å². The first-order valence-corrected chi connectivity index (χ1v) is 12.1. The van der Waals surface area contributed by atoms with Crippen molar-refractivity contribution >= 4 is 27.7 Å². The lowest BCUT2D eigenvalue weighted by Gasteiger charge is -2.32. The van der Waals surface area contributed by atoms with Crippen molar-refractivity contribution in [3.05, 3.63) is 66.2 Å². The van der Waals surface area contributed by atoms with E-state index in [0.29, 0.717) is 18.8 Å².